The summed E-state index contributed by atoms with van der Waals surface area (Å²) >= 11 is 0. The largest absolute Gasteiger partial charge is 0.388 e. The molecule has 0 heterocycles. The Morgan fingerprint density at radius 2 is 1.73 bits per heavy atom. The standard InChI is InChI=1S/C24H42N2/c1-16(7-12-22(25)26)19-10-11-20-18-9-8-17-6-4-5-14-23(17,2)21(18)13-15-24(19,20)3/h16-21H,4-15H2,1-3H3,(H3,25,26)/t16-,17?,18+,19-,20+,21+,23+,24-/m1/s1. The van der Waals surface area contributed by atoms with Crippen LogP contribution in [-0.4, -0.2) is 5.84 Å². The van der Waals surface area contributed by atoms with Crippen molar-refractivity contribution in [2.45, 2.75) is 97.8 Å². The molecule has 0 saturated heterocycles. The molecule has 3 N–H and O–H groups in total. The van der Waals surface area contributed by atoms with E-state index in [-0.39, 0.29) is 0 Å². The molecule has 0 amide bonds. The van der Waals surface area contributed by atoms with Gasteiger partial charge in [0.25, 0.3) is 0 Å². The van der Waals surface area contributed by atoms with Crippen molar-refractivity contribution in [3.8, 4) is 0 Å². The minimum absolute atomic E-state index is 0.379. The molecule has 0 aromatic rings. The van der Waals surface area contributed by atoms with E-state index in [2.05, 4.69) is 20.8 Å². The maximum absolute atomic E-state index is 7.60. The van der Waals surface area contributed by atoms with Crippen molar-refractivity contribution >= 4 is 5.84 Å². The molecule has 4 aliphatic carbocycles. The van der Waals surface area contributed by atoms with Gasteiger partial charge in [-0.25, -0.2) is 0 Å². The summed E-state index contributed by atoms with van der Waals surface area (Å²) in [5, 5.41) is 7.60. The molecule has 1 unspecified atom stereocenters. The van der Waals surface area contributed by atoms with Crippen LogP contribution in [0.3, 0.4) is 0 Å². The maximum atomic E-state index is 7.60. The van der Waals surface area contributed by atoms with Gasteiger partial charge in [0.1, 0.15) is 0 Å². The Hall–Kier alpha value is -0.530. The van der Waals surface area contributed by atoms with E-state index in [0.717, 1.165) is 48.3 Å². The van der Waals surface area contributed by atoms with Gasteiger partial charge < -0.3 is 5.73 Å². The first kappa shape index (κ1) is 18.8. The smallest absolute Gasteiger partial charge is 0.0905 e. The first-order valence-corrected chi connectivity index (χ1v) is 11.7. The summed E-state index contributed by atoms with van der Waals surface area (Å²) in [6, 6.07) is 0. The van der Waals surface area contributed by atoms with Gasteiger partial charge in [-0.1, -0.05) is 33.6 Å². The van der Waals surface area contributed by atoms with Gasteiger partial charge >= 0.3 is 0 Å². The summed E-state index contributed by atoms with van der Waals surface area (Å²) < 4.78 is 0. The van der Waals surface area contributed by atoms with Crippen molar-refractivity contribution in [3.05, 3.63) is 0 Å². The van der Waals surface area contributed by atoms with Crippen molar-refractivity contribution < 1.29 is 0 Å². The Labute approximate surface area is 161 Å². The van der Waals surface area contributed by atoms with Crippen molar-refractivity contribution in [2.24, 2.45) is 52.1 Å². The van der Waals surface area contributed by atoms with Crippen LogP contribution < -0.4 is 5.73 Å². The van der Waals surface area contributed by atoms with Crippen molar-refractivity contribution in [2.75, 3.05) is 0 Å². The van der Waals surface area contributed by atoms with E-state index in [9.17, 15) is 0 Å². The van der Waals surface area contributed by atoms with Crippen molar-refractivity contribution in [1.29, 1.82) is 5.41 Å². The zero-order valence-corrected chi connectivity index (χ0v) is 17.5. The molecule has 4 saturated carbocycles. The number of nitrogens with one attached hydrogen (secondary N) is 1. The third-order valence-electron chi connectivity index (χ3n) is 10.2. The Morgan fingerprint density at radius 3 is 2.50 bits per heavy atom. The van der Waals surface area contributed by atoms with Gasteiger partial charge in [-0.2, -0.15) is 0 Å². The van der Waals surface area contributed by atoms with Gasteiger partial charge in [-0.15, -0.1) is 0 Å². The van der Waals surface area contributed by atoms with Gasteiger partial charge in [-0.3, -0.25) is 5.41 Å². The van der Waals surface area contributed by atoms with Crippen LogP contribution in [0.25, 0.3) is 0 Å². The number of amidine groups is 1. The molecule has 0 bridgehead atoms. The first-order chi connectivity index (χ1) is 12.4. The second-order valence-corrected chi connectivity index (χ2v) is 11.2. The van der Waals surface area contributed by atoms with Crippen LogP contribution in [0.1, 0.15) is 97.8 Å². The predicted molar refractivity (Wildman–Crippen MR) is 110 cm³/mol. The minimum Gasteiger partial charge on any atom is -0.388 e. The van der Waals surface area contributed by atoms with Crippen molar-refractivity contribution in [1.82, 2.24) is 0 Å². The van der Waals surface area contributed by atoms with Gasteiger partial charge in [0.2, 0.25) is 0 Å². The van der Waals surface area contributed by atoms with Crippen LogP contribution in [0.15, 0.2) is 0 Å². The summed E-state index contributed by atoms with van der Waals surface area (Å²) in [6.45, 7) is 7.80. The number of fused-ring (bicyclic) bond motifs is 5. The lowest BCUT2D eigenvalue weighted by Crippen LogP contribution is -2.53. The third kappa shape index (κ3) is 2.85. The third-order valence-corrected chi connectivity index (χ3v) is 10.2. The van der Waals surface area contributed by atoms with E-state index in [1.807, 2.05) is 0 Å². The monoisotopic (exact) mass is 358 g/mol. The molecule has 2 nitrogen and oxygen atoms in total. The highest BCUT2D eigenvalue weighted by atomic mass is 14.7. The fourth-order valence-corrected chi connectivity index (χ4v) is 8.85. The summed E-state index contributed by atoms with van der Waals surface area (Å²) in [4.78, 5) is 0. The molecule has 2 heteroatoms. The number of hydrogen-bond donors (Lipinski definition) is 2. The Bertz CT molecular complexity index is 542. The highest BCUT2D eigenvalue weighted by molar-refractivity contribution is 5.76. The lowest BCUT2D eigenvalue weighted by atomic mass is 9.44. The predicted octanol–water partition coefficient (Wildman–Crippen LogP) is 6.39. The minimum atomic E-state index is 0.379. The van der Waals surface area contributed by atoms with Crippen LogP contribution in [0.2, 0.25) is 0 Å². The summed E-state index contributed by atoms with van der Waals surface area (Å²) in [7, 11) is 0. The molecular weight excluding hydrogens is 316 g/mol. The summed E-state index contributed by atoms with van der Waals surface area (Å²) in [5.74, 6) is 6.02. The highest BCUT2D eigenvalue weighted by Gasteiger charge is 2.59. The fraction of sp³-hybridized carbons (Fsp3) is 0.958. The molecule has 0 aromatic carbocycles. The molecule has 0 aromatic heterocycles. The van der Waals surface area contributed by atoms with E-state index in [1.165, 1.54) is 64.2 Å². The molecule has 148 valence electrons. The second kappa shape index (κ2) is 6.82. The van der Waals surface area contributed by atoms with Crippen LogP contribution in [-0.2, 0) is 0 Å². The lowest BCUT2D eigenvalue weighted by molar-refractivity contribution is -0.114. The zero-order chi connectivity index (χ0) is 18.5. The molecule has 0 spiro atoms. The molecule has 8 atom stereocenters. The van der Waals surface area contributed by atoms with E-state index in [4.69, 9.17) is 11.1 Å². The van der Waals surface area contributed by atoms with E-state index in [1.54, 1.807) is 0 Å². The molecule has 4 rings (SSSR count). The number of nitrogens with two attached hydrogens (primary N) is 1. The van der Waals surface area contributed by atoms with Gasteiger partial charge in [0, 0.05) is 6.42 Å². The topological polar surface area (TPSA) is 49.9 Å². The van der Waals surface area contributed by atoms with Gasteiger partial charge in [0.15, 0.2) is 0 Å². The maximum Gasteiger partial charge on any atom is 0.0905 e. The number of rotatable bonds is 4. The van der Waals surface area contributed by atoms with Gasteiger partial charge in [-0.05, 0) is 104 Å². The van der Waals surface area contributed by atoms with E-state index in [0.29, 0.717) is 16.7 Å². The molecular formula is C24H42N2. The second-order valence-electron chi connectivity index (χ2n) is 11.2. The average Bonchev–Trinajstić information content (AvgIpc) is 2.96. The van der Waals surface area contributed by atoms with Gasteiger partial charge in [0.05, 0.1) is 5.84 Å². The van der Waals surface area contributed by atoms with E-state index >= 15 is 0 Å². The Kier molecular flexibility index (Phi) is 4.93. The summed E-state index contributed by atoms with van der Waals surface area (Å²) in [6.07, 6.45) is 16.9. The van der Waals surface area contributed by atoms with Crippen LogP contribution in [0.4, 0.5) is 0 Å². The molecule has 4 aliphatic rings. The Morgan fingerprint density at radius 1 is 0.962 bits per heavy atom. The van der Waals surface area contributed by atoms with Crippen LogP contribution >= 0.6 is 0 Å². The first-order valence-electron chi connectivity index (χ1n) is 11.7. The number of hydrogen-bond acceptors (Lipinski definition) is 1. The fourth-order valence-electron chi connectivity index (χ4n) is 8.85. The quantitative estimate of drug-likeness (QED) is 0.444. The molecule has 0 radical (unpaired) electrons. The average molecular weight is 359 g/mol. The van der Waals surface area contributed by atoms with Crippen LogP contribution in [0, 0.1) is 51.7 Å². The highest BCUT2D eigenvalue weighted by Crippen LogP contribution is 2.68. The van der Waals surface area contributed by atoms with Crippen molar-refractivity contribution in [3.63, 3.8) is 0 Å². The normalized spacial score (nSPS) is 49.0. The SMILES string of the molecule is C[C@H](CCC(=N)N)[C@H]1CC[C@H]2[C@@H]3CCC4CCCC[C@]4(C)[C@H]3CC[C@]12C. The lowest BCUT2D eigenvalue weighted by Gasteiger charge is -2.61. The summed E-state index contributed by atoms with van der Waals surface area (Å²) in [5.41, 5.74) is 6.88. The molecule has 26 heavy (non-hydrogen) atoms. The zero-order valence-electron chi connectivity index (χ0n) is 17.5. The van der Waals surface area contributed by atoms with E-state index < -0.39 is 0 Å². The Balaban J connectivity index is 1.52. The van der Waals surface area contributed by atoms with Crippen LogP contribution in [0.5, 0.6) is 0 Å². The molecule has 0 aliphatic heterocycles. The molecule has 4 fully saturated rings.